The Morgan fingerprint density at radius 2 is 1.85 bits per heavy atom. The van der Waals surface area contributed by atoms with E-state index in [-0.39, 0.29) is 0 Å². The smallest absolute Gasteiger partial charge is 0.144 e. The molecule has 4 heteroatoms. The maximum atomic E-state index is 6.04. The number of halogens is 1. The summed E-state index contributed by atoms with van der Waals surface area (Å²) in [5.41, 5.74) is 5.82. The molecule has 0 aliphatic carbocycles. The Labute approximate surface area is 122 Å². The van der Waals surface area contributed by atoms with Crippen LogP contribution in [0.5, 0.6) is 0 Å². The van der Waals surface area contributed by atoms with Crippen LogP contribution in [0.3, 0.4) is 0 Å². The number of pyridine rings is 1. The Bertz CT molecular complexity index is 741. The van der Waals surface area contributed by atoms with Crippen molar-refractivity contribution < 1.29 is 0 Å². The molecule has 0 aliphatic rings. The van der Waals surface area contributed by atoms with Gasteiger partial charge >= 0.3 is 0 Å². The van der Waals surface area contributed by atoms with Crippen LogP contribution in [0.1, 0.15) is 11.1 Å². The number of hydrogen-bond acceptors (Lipinski definition) is 3. The first kappa shape index (κ1) is 12.9. The van der Waals surface area contributed by atoms with Gasteiger partial charge in [0.05, 0.1) is 5.52 Å². The third-order valence-corrected chi connectivity index (χ3v) is 3.46. The molecule has 1 aromatic heterocycles. The van der Waals surface area contributed by atoms with Gasteiger partial charge in [-0.2, -0.15) is 0 Å². The highest BCUT2D eigenvalue weighted by Crippen LogP contribution is 2.24. The number of nitrogens with one attached hydrogen (secondary N) is 1. The van der Waals surface area contributed by atoms with Crippen molar-refractivity contribution in [1.82, 2.24) is 4.98 Å². The summed E-state index contributed by atoms with van der Waals surface area (Å²) in [4.78, 5) is 4.54. The molecule has 2 aromatic carbocycles. The molecule has 0 atom stereocenters. The van der Waals surface area contributed by atoms with Crippen LogP contribution in [0.2, 0.25) is 5.02 Å². The molecule has 0 unspecified atom stereocenters. The van der Waals surface area contributed by atoms with Crippen LogP contribution in [0.15, 0.2) is 54.6 Å². The molecule has 1 heterocycles. The van der Waals surface area contributed by atoms with Crippen molar-refractivity contribution in [2.24, 2.45) is 5.84 Å². The summed E-state index contributed by atoms with van der Waals surface area (Å²) in [5, 5.41) is 1.72. The molecule has 0 saturated heterocycles. The van der Waals surface area contributed by atoms with Gasteiger partial charge in [0.1, 0.15) is 5.82 Å². The molecule has 3 N–H and O–H groups in total. The molecule has 0 fully saturated rings. The molecule has 0 amide bonds. The van der Waals surface area contributed by atoms with Gasteiger partial charge in [0.25, 0.3) is 0 Å². The molecule has 0 aliphatic heterocycles. The Morgan fingerprint density at radius 1 is 1.05 bits per heavy atom. The molecule has 100 valence electrons. The number of hydrazine groups is 1. The minimum Gasteiger partial charge on any atom is -0.308 e. The van der Waals surface area contributed by atoms with Crippen LogP contribution in [0, 0.1) is 0 Å². The summed E-state index contributed by atoms with van der Waals surface area (Å²) in [6.45, 7) is 0. The Hall–Kier alpha value is -2.10. The molecule has 3 nitrogen and oxygen atoms in total. The first-order valence-electron chi connectivity index (χ1n) is 6.36. The number of anilines is 1. The second-order valence-electron chi connectivity index (χ2n) is 4.64. The molecule has 3 aromatic rings. The van der Waals surface area contributed by atoms with Gasteiger partial charge in [-0.1, -0.05) is 41.9 Å². The predicted molar refractivity (Wildman–Crippen MR) is 83.8 cm³/mol. The Balaban J connectivity index is 2.08. The van der Waals surface area contributed by atoms with Crippen molar-refractivity contribution >= 4 is 28.3 Å². The number of fused-ring (bicyclic) bond motifs is 1. The molecule has 0 saturated carbocycles. The normalized spacial score (nSPS) is 10.7. The SMILES string of the molecule is NNc1nc2ccc(Cl)cc2cc1Cc1ccccc1. The standard InChI is InChI=1S/C16H14ClN3/c17-14-6-7-15-12(10-14)9-13(16(19-15)20-18)8-11-4-2-1-3-5-11/h1-7,9-10H,8,18H2,(H,19,20). The zero-order chi connectivity index (χ0) is 13.9. The van der Waals surface area contributed by atoms with Crippen molar-refractivity contribution in [3.8, 4) is 0 Å². The number of aromatic nitrogens is 1. The zero-order valence-corrected chi connectivity index (χ0v) is 11.6. The predicted octanol–water partition coefficient (Wildman–Crippen LogP) is 3.76. The topological polar surface area (TPSA) is 50.9 Å². The first-order valence-corrected chi connectivity index (χ1v) is 6.74. The van der Waals surface area contributed by atoms with Crippen LogP contribution in [0.4, 0.5) is 5.82 Å². The van der Waals surface area contributed by atoms with E-state index in [1.807, 2.05) is 36.4 Å². The summed E-state index contributed by atoms with van der Waals surface area (Å²) >= 11 is 6.04. The summed E-state index contributed by atoms with van der Waals surface area (Å²) in [5.74, 6) is 6.28. The highest BCUT2D eigenvalue weighted by atomic mass is 35.5. The molecule has 3 rings (SSSR count). The summed E-state index contributed by atoms with van der Waals surface area (Å²) in [6.07, 6.45) is 0.774. The number of rotatable bonds is 3. The van der Waals surface area contributed by atoms with E-state index in [1.165, 1.54) is 5.56 Å². The molecule has 0 spiro atoms. The average molecular weight is 284 g/mol. The lowest BCUT2D eigenvalue weighted by Crippen LogP contribution is -2.11. The van der Waals surface area contributed by atoms with E-state index in [9.17, 15) is 0 Å². The van der Waals surface area contributed by atoms with E-state index >= 15 is 0 Å². The van der Waals surface area contributed by atoms with Gasteiger partial charge in [0, 0.05) is 22.4 Å². The lowest BCUT2D eigenvalue weighted by Gasteiger charge is -2.10. The fourth-order valence-electron chi connectivity index (χ4n) is 2.27. The average Bonchev–Trinajstić information content (AvgIpc) is 2.47. The van der Waals surface area contributed by atoms with Crippen molar-refractivity contribution in [3.63, 3.8) is 0 Å². The van der Waals surface area contributed by atoms with Gasteiger partial charge in [0.15, 0.2) is 0 Å². The van der Waals surface area contributed by atoms with E-state index < -0.39 is 0 Å². The fourth-order valence-corrected chi connectivity index (χ4v) is 2.45. The van der Waals surface area contributed by atoms with Gasteiger partial charge in [-0.15, -0.1) is 0 Å². The van der Waals surface area contributed by atoms with Crippen molar-refractivity contribution in [3.05, 3.63) is 70.7 Å². The summed E-state index contributed by atoms with van der Waals surface area (Å²) < 4.78 is 0. The van der Waals surface area contributed by atoms with Gasteiger partial charge in [-0.3, -0.25) is 0 Å². The molecular weight excluding hydrogens is 270 g/mol. The van der Waals surface area contributed by atoms with Crippen molar-refractivity contribution in [2.45, 2.75) is 6.42 Å². The van der Waals surface area contributed by atoms with Gasteiger partial charge in [-0.25, -0.2) is 10.8 Å². The summed E-state index contributed by atoms with van der Waals surface area (Å²) in [6, 6.07) is 17.9. The van der Waals surface area contributed by atoms with E-state index in [0.29, 0.717) is 10.8 Å². The van der Waals surface area contributed by atoms with Gasteiger partial charge in [0.2, 0.25) is 0 Å². The van der Waals surface area contributed by atoms with E-state index in [4.69, 9.17) is 17.4 Å². The minimum atomic E-state index is 0.698. The van der Waals surface area contributed by atoms with Crippen LogP contribution in [-0.2, 0) is 6.42 Å². The van der Waals surface area contributed by atoms with E-state index in [2.05, 4.69) is 28.6 Å². The second-order valence-corrected chi connectivity index (χ2v) is 5.08. The lowest BCUT2D eigenvalue weighted by atomic mass is 10.0. The molecular formula is C16H14ClN3. The third-order valence-electron chi connectivity index (χ3n) is 3.23. The highest BCUT2D eigenvalue weighted by Gasteiger charge is 2.07. The fraction of sp³-hybridized carbons (Fsp3) is 0.0625. The van der Waals surface area contributed by atoms with Crippen LogP contribution in [0.25, 0.3) is 10.9 Å². The van der Waals surface area contributed by atoms with E-state index in [0.717, 1.165) is 22.9 Å². The number of nitrogen functional groups attached to an aromatic ring is 1. The first-order chi connectivity index (χ1) is 9.76. The molecule has 0 bridgehead atoms. The Morgan fingerprint density at radius 3 is 2.60 bits per heavy atom. The minimum absolute atomic E-state index is 0.698. The Kier molecular flexibility index (Phi) is 3.54. The largest absolute Gasteiger partial charge is 0.308 e. The third kappa shape index (κ3) is 2.59. The van der Waals surface area contributed by atoms with Crippen molar-refractivity contribution in [2.75, 3.05) is 5.43 Å². The van der Waals surface area contributed by atoms with Crippen LogP contribution < -0.4 is 11.3 Å². The highest BCUT2D eigenvalue weighted by molar-refractivity contribution is 6.31. The molecule has 0 radical (unpaired) electrons. The van der Waals surface area contributed by atoms with Gasteiger partial charge in [-0.05, 0) is 29.8 Å². The maximum Gasteiger partial charge on any atom is 0.144 e. The van der Waals surface area contributed by atoms with Crippen LogP contribution in [-0.4, -0.2) is 4.98 Å². The quantitative estimate of drug-likeness (QED) is 0.568. The second kappa shape index (κ2) is 5.49. The number of nitrogens with zero attached hydrogens (tertiary/aromatic N) is 1. The van der Waals surface area contributed by atoms with E-state index in [1.54, 1.807) is 0 Å². The zero-order valence-electron chi connectivity index (χ0n) is 10.8. The monoisotopic (exact) mass is 283 g/mol. The number of nitrogens with two attached hydrogens (primary N) is 1. The van der Waals surface area contributed by atoms with Crippen molar-refractivity contribution in [1.29, 1.82) is 0 Å². The van der Waals surface area contributed by atoms with Gasteiger partial charge < -0.3 is 5.43 Å². The number of hydrogen-bond donors (Lipinski definition) is 2. The summed E-state index contributed by atoms with van der Waals surface area (Å²) in [7, 11) is 0. The molecule has 20 heavy (non-hydrogen) atoms. The van der Waals surface area contributed by atoms with Crippen LogP contribution >= 0.6 is 11.6 Å². The maximum absolute atomic E-state index is 6.04. The lowest BCUT2D eigenvalue weighted by molar-refractivity contribution is 1.14. The number of benzene rings is 2.